The van der Waals surface area contributed by atoms with Crippen LogP contribution >= 0.6 is 0 Å². The zero-order valence-corrected chi connectivity index (χ0v) is 29.0. The third kappa shape index (κ3) is 7.97. The van der Waals surface area contributed by atoms with E-state index in [1.807, 2.05) is 19.9 Å². The van der Waals surface area contributed by atoms with Crippen molar-refractivity contribution in [2.24, 2.45) is 0 Å². The molecule has 5 rings (SSSR count). The van der Waals surface area contributed by atoms with Crippen molar-refractivity contribution in [1.82, 2.24) is 13.6 Å². The number of nitrogens with zero attached hydrogens (tertiary/aromatic N) is 2. The minimum absolute atomic E-state index is 0.00389. The summed E-state index contributed by atoms with van der Waals surface area (Å²) in [5, 5.41) is 0.533. The maximum Gasteiger partial charge on any atom is 0.419 e. The van der Waals surface area contributed by atoms with Gasteiger partial charge in [-0.2, -0.15) is 4.72 Å². The molecule has 4 aromatic carbocycles. The maximum absolute atomic E-state index is 14.0. The highest BCUT2D eigenvalue weighted by molar-refractivity contribution is 7.89. The van der Waals surface area contributed by atoms with Crippen LogP contribution in [0.4, 0.5) is 4.79 Å². The van der Waals surface area contributed by atoms with Gasteiger partial charge in [0.2, 0.25) is 10.0 Å². The fraction of sp³-hybridized carbons (Fsp3) is 0.216. The van der Waals surface area contributed by atoms with Gasteiger partial charge in [0, 0.05) is 23.2 Å². The first kappa shape index (κ1) is 34.4. The second kappa shape index (κ2) is 13.7. The number of nitrogens with one attached hydrogen (secondary N) is 1. The van der Waals surface area contributed by atoms with E-state index in [0.717, 1.165) is 15.4 Å². The van der Waals surface area contributed by atoms with Gasteiger partial charge >= 0.3 is 6.09 Å². The third-order valence-corrected chi connectivity index (χ3v) is 10.5. The van der Waals surface area contributed by atoms with E-state index in [2.05, 4.69) is 16.7 Å². The lowest BCUT2D eigenvalue weighted by molar-refractivity contribution is 0.0544. The topological polar surface area (TPSA) is 115 Å². The zero-order valence-electron chi connectivity index (χ0n) is 27.3. The van der Waals surface area contributed by atoms with Crippen molar-refractivity contribution in [2.45, 2.75) is 62.6 Å². The summed E-state index contributed by atoms with van der Waals surface area (Å²) in [5.74, 6) is 2.91. The first-order valence-electron chi connectivity index (χ1n) is 15.2. The van der Waals surface area contributed by atoms with Crippen LogP contribution in [0, 0.1) is 25.8 Å². The van der Waals surface area contributed by atoms with Crippen LogP contribution in [-0.2, 0) is 31.3 Å². The lowest BCUT2D eigenvalue weighted by atomic mass is 10.1. The largest absolute Gasteiger partial charge is 0.443 e. The van der Waals surface area contributed by atoms with Gasteiger partial charge in [0.25, 0.3) is 10.0 Å². The molecule has 0 fully saturated rings. The van der Waals surface area contributed by atoms with Crippen molar-refractivity contribution in [1.29, 1.82) is 0 Å². The summed E-state index contributed by atoms with van der Waals surface area (Å²) in [6.45, 7) is 8.85. The normalized spacial score (nSPS) is 12.6. The van der Waals surface area contributed by atoms with Gasteiger partial charge in [-0.05, 0) is 70.5 Å². The molecule has 0 aliphatic heterocycles. The van der Waals surface area contributed by atoms with Crippen molar-refractivity contribution < 1.29 is 26.4 Å². The molecule has 0 radical (unpaired) electrons. The molecule has 0 amide bonds. The lowest BCUT2D eigenvalue weighted by Crippen LogP contribution is -2.30. The molecule has 0 aliphatic rings. The Hall–Kier alpha value is -4.89. The summed E-state index contributed by atoms with van der Waals surface area (Å²) in [6.07, 6.45) is 0.817. The van der Waals surface area contributed by atoms with E-state index < -0.39 is 37.8 Å². The van der Waals surface area contributed by atoms with Gasteiger partial charge in [-0.1, -0.05) is 89.8 Å². The average molecular weight is 684 g/mol. The second-order valence-corrected chi connectivity index (χ2v) is 16.0. The molecular formula is C37H37N3O6S2. The van der Waals surface area contributed by atoms with E-state index in [1.54, 1.807) is 93.6 Å². The van der Waals surface area contributed by atoms with Gasteiger partial charge in [-0.25, -0.2) is 25.9 Å². The minimum atomic E-state index is -4.18. The van der Waals surface area contributed by atoms with Crippen molar-refractivity contribution in [3.8, 4) is 12.0 Å². The van der Waals surface area contributed by atoms with Gasteiger partial charge in [-0.3, -0.25) is 4.57 Å². The Morgan fingerprint density at radius 1 is 0.812 bits per heavy atom. The van der Waals surface area contributed by atoms with Gasteiger partial charge in [0.15, 0.2) is 0 Å². The highest BCUT2D eigenvalue weighted by Gasteiger charge is 2.28. The Morgan fingerprint density at radius 3 is 1.98 bits per heavy atom. The SMILES string of the molecule is Cc1ccc(S(=O)(=O)NC(C#CN(Cc2ccccc2)S(=O)(=O)c2ccc(C)cc2)c2cn(C(=O)OC(C)(C)C)c3ccccc23)cc1. The molecule has 1 heterocycles. The molecule has 1 aromatic heterocycles. The van der Waals surface area contributed by atoms with Gasteiger partial charge in [0.1, 0.15) is 11.6 Å². The third-order valence-electron chi connectivity index (χ3n) is 7.36. The summed E-state index contributed by atoms with van der Waals surface area (Å²) in [7, 11) is -8.34. The molecule has 9 nitrogen and oxygen atoms in total. The molecule has 0 bridgehead atoms. The number of hydrogen-bond donors (Lipinski definition) is 1. The van der Waals surface area contributed by atoms with E-state index in [0.29, 0.717) is 22.0 Å². The van der Waals surface area contributed by atoms with Crippen LogP contribution in [0.5, 0.6) is 0 Å². The highest BCUT2D eigenvalue weighted by Crippen LogP contribution is 2.29. The summed E-state index contributed by atoms with van der Waals surface area (Å²) < 4.78 is 66.1. The number of benzene rings is 4. The number of carbonyl (C=O) groups excluding carboxylic acids is 1. The Kier molecular flexibility index (Phi) is 9.82. The molecule has 1 unspecified atom stereocenters. The highest BCUT2D eigenvalue weighted by atomic mass is 32.2. The van der Waals surface area contributed by atoms with Crippen molar-refractivity contribution >= 4 is 37.0 Å². The Morgan fingerprint density at radius 2 is 1.38 bits per heavy atom. The van der Waals surface area contributed by atoms with Crippen LogP contribution < -0.4 is 4.72 Å². The number of aryl methyl sites for hydroxylation is 2. The first-order valence-corrected chi connectivity index (χ1v) is 18.1. The molecular weight excluding hydrogens is 647 g/mol. The fourth-order valence-electron chi connectivity index (χ4n) is 4.92. The van der Waals surface area contributed by atoms with Crippen LogP contribution in [0.1, 0.15) is 49.1 Å². The molecule has 248 valence electrons. The smallest absolute Gasteiger partial charge is 0.419 e. The number of fused-ring (bicyclic) bond motifs is 1. The van der Waals surface area contributed by atoms with Crippen molar-refractivity contribution in [2.75, 3.05) is 0 Å². The van der Waals surface area contributed by atoms with E-state index in [4.69, 9.17) is 4.74 Å². The molecule has 48 heavy (non-hydrogen) atoms. The summed E-state index contributed by atoms with van der Waals surface area (Å²) in [5.41, 5.74) is 2.46. The Bertz CT molecular complexity index is 2210. The molecule has 1 N–H and O–H groups in total. The van der Waals surface area contributed by atoms with E-state index in [9.17, 15) is 21.6 Å². The van der Waals surface area contributed by atoms with Gasteiger partial charge < -0.3 is 4.74 Å². The number of rotatable bonds is 8. The quantitative estimate of drug-likeness (QED) is 0.140. The second-order valence-electron chi connectivity index (χ2n) is 12.4. The Labute approximate surface area is 282 Å². The molecule has 0 saturated heterocycles. The standard InChI is InChI=1S/C37H37N3O6S2/c1-27-15-19-30(20-16-27)47(42,43)38-34(33-26-40(36(41)46-37(3,4)5)35-14-10-9-13-32(33)35)23-24-39(25-29-11-7-6-8-12-29)48(44,45)31-21-17-28(2)18-22-31/h6-22,26,34,38H,25H2,1-5H3. The first-order chi connectivity index (χ1) is 22.6. The average Bonchev–Trinajstić information content (AvgIpc) is 3.42. The minimum Gasteiger partial charge on any atom is -0.443 e. The van der Waals surface area contributed by atoms with Crippen molar-refractivity contribution in [3.63, 3.8) is 0 Å². The molecule has 0 aliphatic carbocycles. The lowest BCUT2D eigenvalue weighted by Gasteiger charge is -2.20. The number of para-hydroxylation sites is 1. The van der Waals surface area contributed by atoms with E-state index in [1.165, 1.54) is 35.0 Å². The van der Waals surface area contributed by atoms with Gasteiger partial charge in [-0.15, -0.1) is 0 Å². The maximum atomic E-state index is 14.0. The number of carbonyl (C=O) groups is 1. The predicted molar refractivity (Wildman–Crippen MR) is 186 cm³/mol. The molecule has 1 atom stereocenters. The summed E-state index contributed by atoms with van der Waals surface area (Å²) in [6, 6.07) is 30.2. The van der Waals surface area contributed by atoms with Crippen LogP contribution in [-0.4, -0.2) is 37.4 Å². The number of ether oxygens (including phenoxy) is 1. The predicted octanol–water partition coefficient (Wildman–Crippen LogP) is 6.91. The van der Waals surface area contributed by atoms with E-state index >= 15 is 0 Å². The monoisotopic (exact) mass is 683 g/mol. The van der Waals surface area contributed by atoms with Crippen LogP contribution in [0.3, 0.4) is 0 Å². The van der Waals surface area contributed by atoms with Crippen LogP contribution in [0.25, 0.3) is 10.9 Å². The molecule has 0 spiro atoms. The zero-order chi connectivity index (χ0) is 34.7. The number of sulfonamides is 2. The van der Waals surface area contributed by atoms with Crippen molar-refractivity contribution in [3.05, 3.63) is 132 Å². The number of hydrogen-bond acceptors (Lipinski definition) is 6. The Balaban J connectivity index is 1.68. The number of aromatic nitrogens is 1. The molecule has 5 aromatic rings. The van der Waals surface area contributed by atoms with Crippen LogP contribution in [0.15, 0.2) is 119 Å². The van der Waals surface area contributed by atoms with Crippen LogP contribution in [0.2, 0.25) is 0 Å². The fourth-order valence-corrected chi connectivity index (χ4v) is 7.27. The van der Waals surface area contributed by atoms with E-state index in [-0.39, 0.29) is 16.3 Å². The molecule has 0 saturated carbocycles. The van der Waals surface area contributed by atoms with Gasteiger partial charge in [0.05, 0.1) is 21.9 Å². The summed E-state index contributed by atoms with van der Waals surface area (Å²) >= 11 is 0. The summed E-state index contributed by atoms with van der Waals surface area (Å²) in [4.78, 5) is 13.4. The molecule has 11 heteroatoms.